The Balaban J connectivity index is 2.22. The molecule has 3 nitrogen and oxygen atoms in total. The molecule has 0 radical (unpaired) electrons. The summed E-state index contributed by atoms with van der Waals surface area (Å²) < 4.78 is 27.5. The number of benzene rings is 2. The maximum atomic E-state index is 13.9. The third-order valence-electron chi connectivity index (χ3n) is 3.65. The summed E-state index contributed by atoms with van der Waals surface area (Å²) >= 11 is 0. The molecule has 122 valence electrons. The van der Waals surface area contributed by atoms with Crippen LogP contribution in [-0.2, 0) is 0 Å². The number of hydrogen-bond donors (Lipinski definition) is 2. The highest BCUT2D eigenvalue weighted by molar-refractivity contribution is 5.94. The van der Waals surface area contributed by atoms with Crippen molar-refractivity contribution in [2.45, 2.75) is 25.8 Å². The lowest BCUT2D eigenvalue weighted by atomic mass is 10.0. The summed E-state index contributed by atoms with van der Waals surface area (Å²) in [6.45, 7) is 1.43. The monoisotopic (exact) mass is 319 g/mol. The topological polar surface area (TPSA) is 49.3 Å². The molecule has 2 rings (SSSR count). The van der Waals surface area contributed by atoms with Crippen LogP contribution in [-0.4, -0.2) is 17.6 Å². The molecule has 1 atom stereocenters. The van der Waals surface area contributed by atoms with Gasteiger partial charge in [0.25, 0.3) is 5.91 Å². The van der Waals surface area contributed by atoms with E-state index in [9.17, 15) is 13.6 Å². The van der Waals surface area contributed by atoms with Crippen LogP contribution in [0.25, 0.3) is 0 Å². The van der Waals surface area contributed by atoms with Gasteiger partial charge < -0.3 is 10.4 Å². The van der Waals surface area contributed by atoms with Crippen LogP contribution in [0.1, 0.15) is 40.4 Å². The summed E-state index contributed by atoms with van der Waals surface area (Å²) in [6.07, 6.45) is 0.993. The Morgan fingerprint density at radius 3 is 2.52 bits per heavy atom. The summed E-state index contributed by atoms with van der Waals surface area (Å²) in [5.41, 5.74) is 0.680. The largest absolute Gasteiger partial charge is 0.396 e. The number of carbonyl (C=O) groups is 1. The number of amides is 1. The first-order chi connectivity index (χ1) is 11.0. The molecular weight excluding hydrogens is 300 g/mol. The van der Waals surface area contributed by atoms with Gasteiger partial charge in [-0.05, 0) is 43.0 Å². The first kappa shape index (κ1) is 17.1. The highest BCUT2D eigenvalue weighted by atomic mass is 19.1. The molecule has 1 unspecified atom stereocenters. The van der Waals surface area contributed by atoms with Crippen molar-refractivity contribution in [1.29, 1.82) is 0 Å². The van der Waals surface area contributed by atoms with Gasteiger partial charge in [-0.1, -0.05) is 30.3 Å². The van der Waals surface area contributed by atoms with E-state index in [1.807, 2.05) is 30.3 Å². The van der Waals surface area contributed by atoms with Crippen LogP contribution >= 0.6 is 0 Å². The Bertz CT molecular complexity index is 674. The molecule has 0 aromatic heterocycles. The van der Waals surface area contributed by atoms with E-state index in [0.29, 0.717) is 12.8 Å². The van der Waals surface area contributed by atoms with Gasteiger partial charge in [-0.15, -0.1) is 0 Å². The summed E-state index contributed by atoms with van der Waals surface area (Å²) in [5, 5.41) is 11.7. The van der Waals surface area contributed by atoms with E-state index in [1.165, 1.54) is 6.92 Å². The van der Waals surface area contributed by atoms with Crippen molar-refractivity contribution < 1.29 is 18.7 Å². The van der Waals surface area contributed by atoms with Crippen molar-refractivity contribution in [2.24, 2.45) is 0 Å². The summed E-state index contributed by atoms with van der Waals surface area (Å²) in [6, 6.07) is 10.7. The molecule has 0 heterocycles. The predicted octanol–water partition coefficient (Wildman–Crippen LogP) is 3.52. The molecule has 0 saturated heterocycles. The molecule has 5 heteroatoms. The first-order valence-corrected chi connectivity index (χ1v) is 7.45. The zero-order chi connectivity index (χ0) is 16.8. The minimum absolute atomic E-state index is 0.00722. The molecule has 2 aromatic rings. The van der Waals surface area contributed by atoms with Crippen LogP contribution in [0, 0.1) is 18.6 Å². The van der Waals surface area contributed by atoms with Crippen molar-refractivity contribution in [3.05, 3.63) is 70.8 Å². The van der Waals surface area contributed by atoms with Crippen LogP contribution in [0.5, 0.6) is 0 Å². The molecule has 0 aliphatic carbocycles. The fraction of sp³-hybridized carbons (Fsp3) is 0.278. The zero-order valence-electron chi connectivity index (χ0n) is 12.9. The fourth-order valence-corrected chi connectivity index (χ4v) is 2.36. The maximum Gasteiger partial charge on any atom is 0.254 e. The second-order valence-electron chi connectivity index (χ2n) is 5.38. The van der Waals surface area contributed by atoms with Crippen molar-refractivity contribution in [1.82, 2.24) is 5.32 Å². The standard InChI is InChI=1S/C18H19F2NO2/c1-12-10-16(20)14(11-15(12)19)18(23)21-17(8-5-9-22)13-6-3-2-4-7-13/h2-4,6-7,10-11,17,22H,5,8-9H2,1H3,(H,21,23). The molecule has 2 N–H and O–H groups in total. The van der Waals surface area contributed by atoms with Crippen molar-refractivity contribution >= 4 is 5.91 Å². The summed E-state index contributed by atoms with van der Waals surface area (Å²) in [5.74, 6) is -2.05. The lowest BCUT2D eigenvalue weighted by molar-refractivity contribution is 0.0927. The molecule has 0 saturated carbocycles. The van der Waals surface area contributed by atoms with Gasteiger partial charge in [0.15, 0.2) is 0 Å². The Kier molecular flexibility index (Phi) is 5.82. The first-order valence-electron chi connectivity index (χ1n) is 7.45. The minimum atomic E-state index is -0.754. The number of nitrogens with one attached hydrogen (secondary N) is 1. The van der Waals surface area contributed by atoms with E-state index in [2.05, 4.69) is 5.32 Å². The SMILES string of the molecule is Cc1cc(F)c(C(=O)NC(CCCO)c2ccccc2)cc1F. The van der Waals surface area contributed by atoms with Crippen LogP contribution in [0.2, 0.25) is 0 Å². The molecule has 1 amide bonds. The molecule has 0 aliphatic rings. The number of aliphatic hydroxyl groups excluding tert-OH is 1. The number of aliphatic hydroxyl groups is 1. The zero-order valence-corrected chi connectivity index (χ0v) is 12.9. The van der Waals surface area contributed by atoms with Crippen LogP contribution in [0.3, 0.4) is 0 Å². The van der Waals surface area contributed by atoms with Gasteiger partial charge >= 0.3 is 0 Å². The van der Waals surface area contributed by atoms with Crippen LogP contribution in [0.15, 0.2) is 42.5 Å². The van der Waals surface area contributed by atoms with E-state index in [1.54, 1.807) is 0 Å². The number of carbonyl (C=O) groups excluding carboxylic acids is 1. The normalized spacial score (nSPS) is 12.0. The average molecular weight is 319 g/mol. The molecule has 2 aromatic carbocycles. The van der Waals surface area contributed by atoms with Crippen LogP contribution in [0.4, 0.5) is 8.78 Å². The van der Waals surface area contributed by atoms with E-state index in [0.717, 1.165) is 17.7 Å². The summed E-state index contributed by atoms with van der Waals surface area (Å²) in [7, 11) is 0. The Hall–Kier alpha value is -2.27. The third-order valence-corrected chi connectivity index (χ3v) is 3.65. The van der Waals surface area contributed by atoms with Crippen molar-refractivity contribution in [2.75, 3.05) is 6.61 Å². The quantitative estimate of drug-likeness (QED) is 0.856. The van der Waals surface area contributed by atoms with Gasteiger partial charge in [0, 0.05) is 6.61 Å². The molecule has 0 spiro atoms. The van der Waals surface area contributed by atoms with Crippen LogP contribution < -0.4 is 5.32 Å². The van der Waals surface area contributed by atoms with Gasteiger partial charge in [-0.25, -0.2) is 8.78 Å². The molecule has 0 fully saturated rings. The second-order valence-corrected chi connectivity index (χ2v) is 5.38. The Morgan fingerprint density at radius 2 is 1.87 bits per heavy atom. The summed E-state index contributed by atoms with van der Waals surface area (Å²) in [4.78, 5) is 12.3. The van der Waals surface area contributed by atoms with Gasteiger partial charge in [0.1, 0.15) is 11.6 Å². The lowest BCUT2D eigenvalue weighted by Crippen LogP contribution is -2.29. The van der Waals surface area contributed by atoms with Gasteiger partial charge in [0.05, 0.1) is 11.6 Å². The number of aryl methyl sites for hydroxylation is 1. The third kappa shape index (κ3) is 4.36. The number of halogens is 2. The molecule has 0 bridgehead atoms. The Labute approximate surface area is 134 Å². The second kappa shape index (κ2) is 7.83. The Morgan fingerprint density at radius 1 is 1.17 bits per heavy atom. The van der Waals surface area contributed by atoms with Gasteiger partial charge in [-0.3, -0.25) is 4.79 Å². The molecule has 23 heavy (non-hydrogen) atoms. The predicted molar refractivity (Wildman–Crippen MR) is 84.1 cm³/mol. The van der Waals surface area contributed by atoms with Gasteiger partial charge in [0.2, 0.25) is 0 Å². The highest BCUT2D eigenvalue weighted by Gasteiger charge is 2.19. The van der Waals surface area contributed by atoms with E-state index in [4.69, 9.17) is 5.11 Å². The maximum absolute atomic E-state index is 13.9. The van der Waals surface area contributed by atoms with Crippen molar-refractivity contribution in [3.8, 4) is 0 Å². The minimum Gasteiger partial charge on any atom is -0.396 e. The average Bonchev–Trinajstić information content (AvgIpc) is 2.55. The lowest BCUT2D eigenvalue weighted by Gasteiger charge is -2.19. The smallest absolute Gasteiger partial charge is 0.254 e. The molecular formula is C18H19F2NO2. The number of rotatable bonds is 6. The molecule has 0 aliphatic heterocycles. The van der Waals surface area contributed by atoms with E-state index < -0.39 is 17.5 Å². The fourth-order valence-electron chi connectivity index (χ4n) is 2.36. The number of hydrogen-bond acceptors (Lipinski definition) is 2. The van der Waals surface area contributed by atoms with E-state index in [-0.39, 0.29) is 23.8 Å². The highest BCUT2D eigenvalue weighted by Crippen LogP contribution is 2.20. The van der Waals surface area contributed by atoms with E-state index >= 15 is 0 Å². The van der Waals surface area contributed by atoms with Crippen molar-refractivity contribution in [3.63, 3.8) is 0 Å². The van der Waals surface area contributed by atoms with Gasteiger partial charge in [-0.2, -0.15) is 0 Å².